The number of sulfonamides is 1. The summed E-state index contributed by atoms with van der Waals surface area (Å²) in [5.74, 6) is 0.721. The Balaban J connectivity index is 2.05. The number of rotatable bonds is 6. The van der Waals surface area contributed by atoms with E-state index in [0.717, 1.165) is 16.3 Å². The Morgan fingerprint density at radius 3 is 2.46 bits per heavy atom. The van der Waals surface area contributed by atoms with E-state index < -0.39 is 10.0 Å². The van der Waals surface area contributed by atoms with Crippen LogP contribution in [0.2, 0.25) is 5.02 Å². The van der Waals surface area contributed by atoms with Gasteiger partial charge in [-0.05, 0) is 25.5 Å². The van der Waals surface area contributed by atoms with Crippen LogP contribution >= 0.6 is 22.9 Å². The summed E-state index contributed by atoms with van der Waals surface area (Å²) in [6, 6.07) is 8.29. The number of ether oxygens (including phenoxy) is 2. The summed E-state index contributed by atoms with van der Waals surface area (Å²) in [6.07, 6.45) is 0. The van der Waals surface area contributed by atoms with Crippen molar-refractivity contribution in [3.8, 4) is 22.8 Å². The van der Waals surface area contributed by atoms with Gasteiger partial charge in [0.2, 0.25) is 0 Å². The number of aromatic nitrogens is 1. The number of benzene rings is 2. The fourth-order valence-electron chi connectivity index (χ4n) is 2.67. The van der Waals surface area contributed by atoms with E-state index in [2.05, 4.69) is 9.71 Å². The highest BCUT2D eigenvalue weighted by molar-refractivity contribution is 7.92. The van der Waals surface area contributed by atoms with Gasteiger partial charge in [-0.1, -0.05) is 23.7 Å². The van der Waals surface area contributed by atoms with Crippen LogP contribution in [0.15, 0.2) is 40.6 Å². The standard InChI is InChI=1S/C19H19ClN2O4S2/c1-11-5-6-13(16-10-27-12(2)21-16)7-18(11)28(23,24)22-19-15(20)8-14(25-3)9-17(19)26-4/h5-10,22H,1-4H3. The number of hydrogen-bond donors (Lipinski definition) is 1. The predicted molar refractivity (Wildman–Crippen MR) is 112 cm³/mol. The molecule has 9 heteroatoms. The lowest BCUT2D eigenvalue weighted by atomic mass is 10.1. The van der Waals surface area contributed by atoms with Gasteiger partial charge in [-0.25, -0.2) is 13.4 Å². The van der Waals surface area contributed by atoms with E-state index in [4.69, 9.17) is 21.1 Å². The summed E-state index contributed by atoms with van der Waals surface area (Å²) < 4.78 is 39.2. The predicted octanol–water partition coefficient (Wildman–Crippen LogP) is 4.90. The summed E-state index contributed by atoms with van der Waals surface area (Å²) in [6.45, 7) is 3.64. The molecule has 0 saturated heterocycles. The Bertz CT molecular complexity index is 1130. The van der Waals surface area contributed by atoms with Crippen molar-refractivity contribution < 1.29 is 17.9 Å². The third kappa shape index (κ3) is 4.09. The van der Waals surface area contributed by atoms with Crippen molar-refractivity contribution in [2.24, 2.45) is 0 Å². The maximum Gasteiger partial charge on any atom is 0.262 e. The fraction of sp³-hybridized carbons (Fsp3) is 0.211. The number of methoxy groups -OCH3 is 2. The molecular formula is C19H19ClN2O4S2. The highest BCUT2D eigenvalue weighted by Crippen LogP contribution is 2.38. The first-order valence-corrected chi connectivity index (χ1v) is 11.0. The zero-order valence-electron chi connectivity index (χ0n) is 15.7. The molecule has 1 heterocycles. The number of anilines is 1. The summed E-state index contributed by atoms with van der Waals surface area (Å²) in [5.41, 5.74) is 2.22. The van der Waals surface area contributed by atoms with Gasteiger partial charge in [-0.2, -0.15) is 0 Å². The Morgan fingerprint density at radius 1 is 1.11 bits per heavy atom. The largest absolute Gasteiger partial charge is 0.497 e. The molecule has 3 rings (SSSR count). The molecule has 0 aliphatic carbocycles. The Morgan fingerprint density at radius 2 is 1.86 bits per heavy atom. The van der Waals surface area contributed by atoms with Crippen LogP contribution in [0.5, 0.6) is 11.5 Å². The molecule has 0 aliphatic rings. The summed E-state index contributed by atoms with van der Waals surface area (Å²) in [5, 5.41) is 2.98. The summed E-state index contributed by atoms with van der Waals surface area (Å²) in [7, 11) is -1.00. The average Bonchev–Trinajstić information content (AvgIpc) is 3.09. The Labute approximate surface area is 173 Å². The molecule has 0 fully saturated rings. The van der Waals surface area contributed by atoms with E-state index in [1.165, 1.54) is 31.6 Å². The van der Waals surface area contributed by atoms with Crippen LogP contribution in [0.3, 0.4) is 0 Å². The molecule has 6 nitrogen and oxygen atoms in total. The van der Waals surface area contributed by atoms with Crippen molar-refractivity contribution >= 4 is 38.6 Å². The molecule has 3 aromatic rings. The number of nitrogens with one attached hydrogen (secondary N) is 1. The highest BCUT2D eigenvalue weighted by atomic mass is 35.5. The lowest BCUT2D eigenvalue weighted by molar-refractivity contribution is 0.395. The fourth-order valence-corrected chi connectivity index (χ4v) is 4.96. The van der Waals surface area contributed by atoms with Crippen LogP contribution in [0.1, 0.15) is 10.6 Å². The van der Waals surface area contributed by atoms with E-state index in [1.807, 2.05) is 18.4 Å². The zero-order chi connectivity index (χ0) is 20.5. The molecular weight excluding hydrogens is 420 g/mol. The molecule has 28 heavy (non-hydrogen) atoms. The first kappa shape index (κ1) is 20.4. The number of thiazole rings is 1. The smallest absolute Gasteiger partial charge is 0.262 e. The third-order valence-electron chi connectivity index (χ3n) is 4.11. The molecule has 0 unspecified atom stereocenters. The maximum absolute atomic E-state index is 13.1. The molecule has 0 radical (unpaired) electrons. The van der Waals surface area contributed by atoms with Gasteiger partial charge in [-0.15, -0.1) is 11.3 Å². The molecule has 148 valence electrons. The first-order chi connectivity index (χ1) is 13.2. The van der Waals surface area contributed by atoms with Crippen LogP contribution in [0, 0.1) is 13.8 Å². The number of nitrogens with zero attached hydrogens (tertiary/aromatic N) is 1. The van der Waals surface area contributed by atoms with Gasteiger partial charge in [0.05, 0.1) is 34.8 Å². The minimum absolute atomic E-state index is 0.143. The van der Waals surface area contributed by atoms with Crippen molar-refractivity contribution in [3.05, 3.63) is 51.3 Å². The third-order valence-corrected chi connectivity index (χ3v) is 6.68. The van der Waals surface area contributed by atoms with Gasteiger partial charge in [0, 0.05) is 23.1 Å². The quantitative estimate of drug-likeness (QED) is 0.592. The second-order valence-electron chi connectivity index (χ2n) is 6.02. The van der Waals surface area contributed by atoms with Crippen LogP contribution < -0.4 is 14.2 Å². The van der Waals surface area contributed by atoms with E-state index in [0.29, 0.717) is 11.3 Å². The van der Waals surface area contributed by atoms with Crippen molar-refractivity contribution in [3.63, 3.8) is 0 Å². The topological polar surface area (TPSA) is 77.5 Å². The van der Waals surface area contributed by atoms with Crippen LogP contribution in [-0.2, 0) is 10.0 Å². The van der Waals surface area contributed by atoms with E-state index in [1.54, 1.807) is 25.1 Å². The molecule has 0 spiro atoms. The zero-order valence-corrected chi connectivity index (χ0v) is 18.1. The Hall–Kier alpha value is -2.29. The average molecular weight is 439 g/mol. The molecule has 2 aromatic carbocycles. The molecule has 0 amide bonds. The van der Waals surface area contributed by atoms with E-state index in [-0.39, 0.29) is 21.4 Å². The Kier molecular flexibility index (Phi) is 5.83. The summed E-state index contributed by atoms with van der Waals surface area (Å²) in [4.78, 5) is 4.57. The molecule has 0 bridgehead atoms. The van der Waals surface area contributed by atoms with Crippen molar-refractivity contribution in [2.75, 3.05) is 18.9 Å². The lowest BCUT2D eigenvalue weighted by Gasteiger charge is -2.16. The minimum atomic E-state index is -3.92. The number of aryl methyl sites for hydroxylation is 2. The number of hydrogen-bond acceptors (Lipinski definition) is 6. The lowest BCUT2D eigenvalue weighted by Crippen LogP contribution is -2.15. The van der Waals surface area contributed by atoms with Gasteiger partial charge in [0.15, 0.2) is 0 Å². The van der Waals surface area contributed by atoms with Gasteiger partial charge < -0.3 is 9.47 Å². The van der Waals surface area contributed by atoms with Gasteiger partial charge in [-0.3, -0.25) is 4.72 Å². The van der Waals surface area contributed by atoms with Gasteiger partial charge in [0.1, 0.15) is 17.2 Å². The van der Waals surface area contributed by atoms with Gasteiger partial charge >= 0.3 is 0 Å². The molecule has 1 N–H and O–H groups in total. The molecule has 0 atom stereocenters. The SMILES string of the molecule is COc1cc(Cl)c(NS(=O)(=O)c2cc(-c3csc(C)n3)ccc2C)c(OC)c1. The second kappa shape index (κ2) is 7.98. The second-order valence-corrected chi connectivity index (χ2v) is 9.14. The van der Waals surface area contributed by atoms with Crippen molar-refractivity contribution in [1.29, 1.82) is 0 Å². The highest BCUT2D eigenvalue weighted by Gasteiger charge is 2.22. The van der Waals surface area contributed by atoms with Crippen molar-refractivity contribution in [2.45, 2.75) is 18.7 Å². The van der Waals surface area contributed by atoms with Crippen LogP contribution in [0.4, 0.5) is 5.69 Å². The number of halogens is 1. The summed E-state index contributed by atoms with van der Waals surface area (Å²) >= 11 is 7.77. The molecule has 1 aromatic heterocycles. The maximum atomic E-state index is 13.1. The van der Waals surface area contributed by atoms with Crippen LogP contribution in [-0.4, -0.2) is 27.6 Å². The van der Waals surface area contributed by atoms with Crippen LogP contribution in [0.25, 0.3) is 11.3 Å². The van der Waals surface area contributed by atoms with E-state index >= 15 is 0 Å². The van der Waals surface area contributed by atoms with Gasteiger partial charge in [0.25, 0.3) is 10.0 Å². The molecule has 0 aliphatic heterocycles. The minimum Gasteiger partial charge on any atom is -0.497 e. The monoisotopic (exact) mass is 438 g/mol. The first-order valence-electron chi connectivity index (χ1n) is 8.22. The van der Waals surface area contributed by atoms with Crippen molar-refractivity contribution in [1.82, 2.24) is 4.98 Å². The normalized spacial score (nSPS) is 11.3. The van der Waals surface area contributed by atoms with E-state index in [9.17, 15) is 8.42 Å². The molecule has 0 saturated carbocycles.